The normalized spacial score (nSPS) is 11.4. The highest BCUT2D eigenvalue weighted by Gasteiger charge is 2.16. The molecule has 106 valence electrons. The molecular formula is C15H18ClN3O. The molecule has 0 saturated heterocycles. The molecule has 2 rings (SSSR count). The summed E-state index contributed by atoms with van der Waals surface area (Å²) in [5.74, 6) is 0.594. The first kappa shape index (κ1) is 14.8. The average molecular weight is 292 g/mol. The van der Waals surface area contributed by atoms with Gasteiger partial charge in [0.1, 0.15) is 5.69 Å². The molecule has 1 aromatic carbocycles. The monoisotopic (exact) mass is 291 g/mol. The molecule has 2 aromatic rings. The Balaban J connectivity index is 2.30. The van der Waals surface area contributed by atoms with Crippen molar-refractivity contribution >= 4 is 17.4 Å². The van der Waals surface area contributed by atoms with Gasteiger partial charge in [0.25, 0.3) is 0 Å². The van der Waals surface area contributed by atoms with Gasteiger partial charge in [0.2, 0.25) is 0 Å². The lowest BCUT2D eigenvalue weighted by Gasteiger charge is -2.19. The maximum Gasteiger partial charge on any atom is 0.153 e. The molecule has 0 bridgehead atoms. The van der Waals surface area contributed by atoms with Crippen LogP contribution >= 0.6 is 11.6 Å². The zero-order chi connectivity index (χ0) is 14.8. The lowest BCUT2D eigenvalue weighted by atomic mass is 10.1. The second-order valence-corrected chi connectivity index (χ2v) is 5.75. The predicted molar refractivity (Wildman–Crippen MR) is 82.0 cm³/mol. The summed E-state index contributed by atoms with van der Waals surface area (Å²) >= 11 is 6.38. The van der Waals surface area contributed by atoms with Crippen molar-refractivity contribution in [3.63, 3.8) is 0 Å². The van der Waals surface area contributed by atoms with E-state index in [1.54, 1.807) is 13.8 Å². The van der Waals surface area contributed by atoms with Crippen molar-refractivity contribution in [2.45, 2.75) is 26.4 Å². The number of anilines is 1. The van der Waals surface area contributed by atoms with Gasteiger partial charge in [-0.25, -0.2) is 0 Å². The van der Waals surface area contributed by atoms with Gasteiger partial charge < -0.3 is 10.4 Å². The van der Waals surface area contributed by atoms with Gasteiger partial charge in [-0.1, -0.05) is 41.9 Å². The minimum absolute atomic E-state index is 0.379. The SMILES string of the molecule is Cc1c(NCC(C)(C)O)nnc(-c2ccccc2)c1Cl. The molecule has 0 fully saturated rings. The van der Waals surface area contributed by atoms with E-state index in [9.17, 15) is 5.11 Å². The van der Waals surface area contributed by atoms with Gasteiger partial charge in [0.15, 0.2) is 5.82 Å². The summed E-state index contributed by atoms with van der Waals surface area (Å²) in [6.45, 7) is 5.71. The van der Waals surface area contributed by atoms with Crippen LogP contribution in [0.5, 0.6) is 0 Å². The summed E-state index contributed by atoms with van der Waals surface area (Å²) in [6.07, 6.45) is 0. The molecule has 5 heteroatoms. The molecule has 0 atom stereocenters. The highest BCUT2D eigenvalue weighted by Crippen LogP contribution is 2.30. The second-order valence-electron chi connectivity index (χ2n) is 5.37. The van der Waals surface area contributed by atoms with Crippen LogP contribution in [0, 0.1) is 6.92 Å². The molecule has 1 heterocycles. The number of nitrogens with one attached hydrogen (secondary N) is 1. The molecule has 0 spiro atoms. The largest absolute Gasteiger partial charge is 0.389 e. The molecule has 1 aromatic heterocycles. The van der Waals surface area contributed by atoms with Crippen molar-refractivity contribution in [2.24, 2.45) is 0 Å². The minimum Gasteiger partial charge on any atom is -0.389 e. The first-order valence-electron chi connectivity index (χ1n) is 6.43. The number of aliphatic hydroxyl groups is 1. The summed E-state index contributed by atoms with van der Waals surface area (Å²) in [7, 11) is 0. The Kier molecular flexibility index (Phi) is 4.26. The molecule has 0 unspecified atom stereocenters. The van der Waals surface area contributed by atoms with Gasteiger partial charge in [-0.05, 0) is 20.8 Å². The van der Waals surface area contributed by atoms with Crippen LogP contribution in [-0.2, 0) is 0 Å². The van der Waals surface area contributed by atoms with Crippen molar-refractivity contribution in [1.82, 2.24) is 10.2 Å². The first-order valence-corrected chi connectivity index (χ1v) is 6.81. The number of hydrogen-bond donors (Lipinski definition) is 2. The van der Waals surface area contributed by atoms with Gasteiger partial charge in [0, 0.05) is 17.7 Å². The summed E-state index contributed by atoms with van der Waals surface area (Å²) in [5.41, 5.74) is 1.60. The summed E-state index contributed by atoms with van der Waals surface area (Å²) < 4.78 is 0. The number of nitrogens with zero attached hydrogens (tertiary/aromatic N) is 2. The standard InChI is InChI=1S/C15H18ClN3O/c1-10-12(16)13(11-7-5-4-6-8-11)18-19-14(10)17-9-15(2,3)20/h4-8,20H,9H2,1-3H3,(H,17,19). The van der Waals surface area contributed by atoms with Gasteiger partial charge in [0.05, 0.1) is 10.6 Å². The molecule has 0 aliphatic carbocycles. The Labute approximate surface area is 123 Å². The van der Waals surface area contributed by atoms with Crippen molar-refractivity contribution < 1.29 is 5.11 Å². The van der Waals surface area contributed by atoms with Crippen LogP contribution in [0.25, 0.3) is 11.3 Å². The third-order valence-corrected chi connectivity index (χ3v) is 3.34. The van der Waals surface area contributed by atoms with Crippen molar-refractivity contribution in [2.75, 3.05) is 11.9 Å². The van der Waals surface area contributed by atoms with Gasteiger partial charge in [-0.2, -0.15) is 0 Å². The van der Waals surface area contributed by atoms with Crippen LogP contribution in [0.4, 0.5) is 5.82 Å². The zero-order valence-corrected chi connectivity index (χ0v) is 12.6. The van der Waals surface area contributed by atoms with E-state index in [4.69, 9.17) is 11.6 Å². The smallest absolute Gasteiger partial charge is 0.153 e. The van der Waals surface area contributed by atoms with Crippen LogP contribution in [0.1, 0.15) is 19.4 Å². The lowest BCUT2D eigenvalue weighted by Crippen LogP contribution is -2.30. The van der Waals surface area contributed by atoms with Crippen molar-refractivity contribution in [3.8, 4) is 11.3 Å². The third kappa shape index (κ3) is 3.46. The van der Waals surface area contributed by atoms with Gasteiger partial charge in [-0.3, -0.25) is 0 Å². The van der Waals surface area contributed by atoms with Crippen LogP contribution < -0.4 is 5.32 Å². The molecule has 2 N–H and O–H groups in total. The Morgan fingerprint density at radius 3 is 2.45 bits per heavy atom. The quantitative estimate of drug-likeness (QED) is 0.907. The topological polar surface area (TPSA) is 58.0 Å². The lowest BCUT2D eigenvalue weighted by molar-refractivity contribution is 0.0944. The molecular weight excluding hydrogens is 274 g/mol. The number of benzene rings is 1. The van der Waals surface area contributed by atoms with Crippen LogP contribution in [0.2, 0.25) is 5.02 Å². The van der Waals surface area contributed by atoms with Crippen LogP contribution in [-0.4, -0.2) is 27.4 Å². The molecule has 0 aliphatic rings. The van der Waals surface area contributed by atoms with Gasteiger partial charge in [-0.15, -0.1) is 10.2 Å². The average Bonchev–Trinajstić information content (AvgIpc) is 2.40. The molecule has 20 heavy (non-hydrogen) atoms. The van der Waals surface area contributed by atoms with E-state index in [1.807, 2.05) is 37.3 Å². The summed E-state index contributed by atoms with van der Waals surface area (Å²) in [5, 5.41) is 21.7. The maximum absolute atomic E-state index is 9.73. The summed E-state index contributed by atoms with van der Waals surface area (Å²) in [6, 6.07) is 9.70. The van der Waals surface area contributed by atoms with Gasteiger partial charge >= 0.3 is 0 Å². The Morgan fingerprint density at radius 2 is 1.85 bits per heavy atom. The highest BCUT2D eigenvalue weighted by molar-refractivity contribution is 6.34. The van der Waals surface area contributed by atoms with Crippen LogP contribution in [0.15, 0.2) is 30.3 Å². The van der Waals surface area contributed by atoms with Crippen LogP contribution in [0.3, 0.4) is 0 Å². The van der Waals surface area contributed by atoms with Crippen molar-refractivity contribution in [3.05, 3.63) is 40.9 Å². The molecule has 0 amide bonds. The van der Waals surface area contributed by atoms with E-state index in [2.05, 4.69) is 15.5 Å². The highest BCUT2D eigenvalue weighted by atomic mass is 35.5. The number of rotatable bonds is 4. The van der Waals surface area contributed by atoms with E-state index in [0.717, 1.165) is 11.1 Å². The van der Waals surface area contributed by atoms with E-state index >= 15 is 0 Å². The molecule has 0 aliphatic heterocycles. The maximum atomic E-state index is 9.73. The first-order chi connectivity index (χ1) is 9.38. The third-order valence-electron chi connectivity index (χ3n) is 2.88. The Bertz CT molecular complexity index is 594. The van der Waals surface area contributed by atoms with E-state index in [-0.39, 0.29) is 0 Å². The minimum atomic E-state index is -0.821. The Morgan fingerprint density at radius 1 is 1.20 bits per heavy atom. The second kappa shape index (κ2) is 5.77. The fraction of sp³-hybridized carbons (Fsp3) is 0.333. The number of halogens is 1. The molecule has 0 radical (unpaired) electrons. The molecule has 4 nitrogen and oxygen atoms in total. The van der Waals surface area contributed by atoms with Crippen molar-refractivity contribution in [1.29, 1.82) is 0 Å². The predicted octanol–water partition coefficient (Wildman–Crippen LogP) is 3.29. The fourth-order valence-corrected chi connectivity index (χ4v) is 1.99. The summed E-state index contributed by atoms with van der Waals surface area (Å²) in [4.78, 5) is 0. The number of aromatic nitrogens is 2. The fourth-order valence-electron chi connectivity index (χ4n) is 1.75. The van der Waals surface area contributed by atoms with E-state index < -0.39 is 5.60 Å². The number of hydrogen-bond acceptors (Lipinski definition) is 4. The zero-order valence-electron chi connectivity index (χ0n) is 11.8. The van der Waals surface area contributed by atoms with E-state index in [0.29, 0.717) is 23.1 Å². The Hall–Kier alpha value is -1.65. The van der Waals surface area contributed by atoms with E-state index in [1.165, 1.54) is 0 Å². The molecule has 0 saturated carbocycles.